The van der Waals surface area contributed by atoms with Crippen LogP contribution in [0.15, 0.2) is 17.0 Å². The minimum Gasteiger partial charge on any atom is -0.450 e. The third kappa shape index (κ3) is 5.03. The van der Waals surface area contributed by atoms with Gasteiger partial charge in [0.2, 0.25) is 15.9 Å². The fourth-order valence-electron chi connectivity index (χ4n) is 4.70. The molecule has 2 heterocycles. The molecule has 172 valence electrons. The number of carbonyl (C=O) groups excluding carboxylic acids is 2. The van der Waals surface area contributed by atoms with Gasteiger partial charge in [-0.1, -0.05) is 17.7 Å². The second-order valence-corrected chi connectivity index (χ2v) is 10.3. The molecule has 0 saturated carbocycles. The largest absolute Gasteiger partial charge is 0.450 e. The van der Waals surface area contributed by atoms with Crippen LogP contribution in [0.3, 0.4) is 0 Å². The minimum absolute atomic E-state index is 0.0776. The van der Waals surface area contributed by atoms with Crippen molar-refractivity contribution in [1.82, 2.24) is 14.5 Å². The zero-order valence-electron chi connectivity index (χ0n) is 18.8. The Hall–Kier alpha value is -2.13. The van der Waals surface area contributed by atoms with E-state index in [1.807, 2.05) is 19.1 Å². The number of benzene rings is 1. The molecular weight excluding hydrogens is 418 g/mol. The van der Waals surface area contributed by atoms with Gasteiger partial charge in [-0.15, -0.1) is 0 Å². The highest BCUT2D eigenvalue weighted by Gasteiger charge is 2.41. The number of hydrogen-bond acceptors (Lipinski definition) is 5. The molecule has 2 amide bonds. The molecule has 2 aliphatic rings. The minimum atomic E-state index is -3.78. The first-order valence-electron chi connectivity index (χ1n) is 11.0. The third-order valence-corrected chi connectivity index (χ3v) is 8.26. The zero-order valence-corrected chi connectivity index (χ0v) is 19.6. The van der Waals surface area contributed by atoms with Crippen LogP contribution >= 0.6 is 0 Å². The Balaban J connectivity index is 1.68. The van der Waals surface area contributed by atoms with Gasteiger partial charge in [-0.3, -0.25) is 4.79 Å². The topological polar surface area (TPSA) is 96.0 Å². The SMILES string of the molecule is CCOC(=O)N1CCC(NC(=O)C2CCCN2S(=O)(=O)c2c(C)cc(C)cc2C)CC1. The summed E-state index contributed by atoms with van der Waals surface area (Å²) in [5.41, 5.74) is 2.42. The van der Waals surface area contributed by atoms with Gasteiger partial charge in [0.15, 0.2) is 0 Å². The Kier molecular flexibility index (Phi) is 7.26. The zero-order chi connectivity index (χ0) is 22.8. The standard InChI is InChI=1S/C22H33N3O5S/c1-5-30-22(27)24-11-8-18(9-12-24)23-21(26)19-7-6-10-25(19)31(28,29)20-16(3)13-15(2)14-17(20)4/h13-14,18-19H,5-12H2,1-4H3,(H,23,26). The first-order valence-corrected chi connectivity index (χ1v) is 12.4. The van der Waals surface area contributed by atoms with Crippen LogP contribution in [-0.2, 0) is 19.6 Å². The van der Waals surface area contributed by atoms with E-state index < -0.39 is 16.1 Å². The van der Waals surface area contributed by atoms with Crippen LogP contribution in [0.2, 0.25) is 0 Å². The van der Waals surface area contributed by atoms with E-state index >= 15 is 0 Å². The van der Waals surface area contributed by atoms with Gasteiger partial charge in [0.25, 0.3) is 0 Å². The fraction of sp³-hybridized carbons (Fsp3) is 0.636. The molecule has 0 aromatic heterocycles. The molecule has 2 aliphatic heterocycles. The van der Waals surface area contributed by atoms with E-state index in [4.69, 9.17) is 4.74 Å². The van der Waals surface area contributed by atoms with Crippen LogP contribution in [-0.4, -0.2) is 67.9 Å². The van der Waals surface area contributed by atoms with Crippen LogP contribution in [0.1, 0.15) is 49.3 Å². The summed E-state index contributed by atoms with van der Waals surface area (Å²) in [7, 11) is -3.78. The van der Waals surface area contributed by atoms with Crippen molar-refractivity contribution < 1.29 is 22.7 Å². The number of piperidine rings is 1. The molecule has 2 saturated heterocycles. The van der Waals surface area contributed by atoms with Crippen LogP contribution in [0.4, 0.5) is 4.79 Å². The highest BCUT2D eigenvalue weighted by Crippen LogP contribution is 2.31. The van der Waals surface area contributed by atoms with Gasteiger partial charge < -0.3 is 15.0 Å². The Labute approximate surface area is 185 Å². The second kappa shape index (κ2) is 9.56. The van der Waals surface area contributed by atoms with E-state index in [1.54, 1.807) is 25.7 Å². The smallest absolute Gasteiger partial charge is 0.409 e. The van der Waals surface area contributed by atoms with Gasteiger partial charge in [0, 0.05) is 25.7 Å². The lowest BCUT2D eigenvalue weighted by molar-refractivity contribution is -0.125. The lowest BCUT2D eigenvalue weighted by Crippen LogP contribution is -2.52. The summed E-state index contributed by atoms with van der Waals surface area (Å²) in [5, 5.41) is 3.02. The quantitative estimate of drug-likeness (QED) is 0.742. The first kappa shape index (κ1) is 23.5. The molecule has 0 spiro atoms. The summed E-state index contributed by atoms with van der Waals surface area (Å²) in [5.74, 6) is -0.252. The van der Waals surface area contributed by atoms with Crippen molar-refractivity contribution in [2.45, 2.75) is 70.4 Å². The van der Waals surface area contributed by atoms with Gasteiger partial charge in [0.05, 0.1) is 11.5 Å². The van der Waals surface area contributed by atoms with Gasteiger partial charge in [0.1, 0.15) is 6.04 Å². The van der Waals surface area contributed by atoms with Crippen molar-refractivity contribution in [3.8, 4) is 0 Å². The Morgan fingerprint density at radius 1 is 1.06 bits per heavy atom. The van der Waals surface area contributed by atoms with E-state index in [9.17, 15) is 18.0 Å². The molecule has 1 atom stereocenters. The number of likely N-dealkylation sites (tertiary alicyclic amines) is 1. The Bertz CT molecular complexity index is 915. The molecule has 1 aromatic rings. The maximum Gasteiger partial charge on any atom is 0.409 e. The molecule has 1 aromatic carbocycles. The number of amides is 2. The molecule has 8 nitrogen and oxygen atoms in total. The molecule has 31 heavy (non-hydrogen) atoms. The van der Waals surface area contributed by atoms with Crippen LogP contribution in [0.5, 0.6) is 0 Å². The number of rotatable bonds is 5. The maximum atomic E-state index is 13.5. The van der Waals surface area contributed by atoms with Crippen LogP contribution in [0.25, 0.3) is 0 Å². The number of nitrogens with one attached hydrogen (secondary N) is 1. The lowest BCUT2D eigenvalue weighted by atomic mass is 10.0. The highest BCUT2D eigenvalue weighted by atomic mass is 32.2. The van der Waals surface area contributed by atoms with Gasteiger partial charge in [-0.25, -0.2) is 13.2 Å². The molecule has 0 radical (unpaired) electrons. The maximum absolute atomic E-state index is 13.5. The van der Waals surface area contributed by atoms with Gasteiger partial charge in [-0.05, 0) is 64.5 Å². The van der Waals surface area contributed by atoms with Crippen molar-refractivity contribution >= 4 is 22.0 Å². The Morgan fingerprint density at radius 3 is 2.26 bits per heavy atom. The van der Waals surface area contributed by atoms with Gasteiger partial charge >= 0.3 is 6.09 Å². The predicted molar refractivity (Wildman–Crippen MR) is 117 cm³/mol. The van der Waals surface area contributed by atoms with Crippen LogP contribution in [0, 0.1) is 20.8 Å². The summed E-state index contributed by atoms with van der Waals surface area (Å²) in [6.07, 6.45) is 2.09. The summed E-state index contributed by atoms with van der Waals surface area (Å²) in [4.78, 5) is 26.8. The van der Waals surface area contributed by atoms with Gasteiger partial charge in [-0.2, -0.15) is 4.31 Å². The Morgan fingerprint density at radius 2 is 1.68 bits per heavy atom. The summed E-state index contributed by atoms with van der Waals surface area (Å²) >= 11 is 0. The summed E-state index contributed by atoms with van der Waals surface area (Å²) in [6.45, 7) is 9.01. The lowest BCUT2D eigenvalue weighted by Gasteiger charge is -2.33. The number of sulfonamides is 1. The molecule has 9 heteroatoms. The molecule has 0 aliphatic carbocycles. The predicted octanol–water partition coefficient (Wildman–Crippen LogP) is 2.50. The van der Waals surface area contributed by atoms with E-state index in [1.165, 1.54) is 4.31 Å². The van der Waals surface area contributed by atoms with E-state index in [2.05, 4.69) is 5.32 Å². The normalized spacial score (nSPS) is 20.6. The number of aryl methyl sites for hydroxylation is 3. The van der Waals surface area contributed by atoms with Crippen LogP contribution < -0.4 is 5.32 Å². The molecule has 1 unspecified atom stereocenters. The number of hydrogen-bond donors (Lipinski definition) is 1. The number of ether oxygens (including phenoxy) is 1. The average molecular weight is 452 g/mol. The van der Waals surface area contributed by atoms with E-state index in [0.717, 1.165) is 5.56 Å². The van der Waals surface area contributed by atoms with E-state index in [0.29, 0.717) is 67.9 Å². The van der Waals surface area contributed by atoms with Crippen molar-refractivity contribution in [3.05, 3.63) is 28.8 Å². The van der Waals surface area contributed by atoms with Crippen molar-refractivity contribution in [3.63, 3.8) is 0 Å². The highest BCUT2D eigenvalue weighted by molar-refractivity contribution is 7.89. The molecule has 2 fully saturated rings. The third-order valence-electron chi connectivity index (χ3n) is 6.05. The summed E-state index contributed by atoms with van der Waals surface area (Å²) < 4.78 is 33.3. The molecule has 3 rings (SSSR count). The fourth-order valence-corrected chi connectivity index (χ4v) is 6.77. The van der Waals surface area contributed by atoms with Crippen molar-refractivity contribution in [2.75, 3.05) is 26.2 Å². The van der Waals surface area contributed by atoms with Crippen molar-refractivity contribution in [1.29, 1.82) is 0 Å². The number of carbonyl (C=O) groups is 2. The monoisotopic (exact) mass is 451 g/mol. The molecule has 0 bridgehead atoms. The number of nitrogens with zero attached hydrogens (tertiary/aromatic N) is 2. The van der Waals surface area contributed by atoms with Crippen molar-refractivity contribution in [2.24, 2.45) is 0 Å². The van der Waals surface area contributed by atoms with E-state index in [-0.39, 0.29) is 18.0 Å². The average Bonchev–Trinajstić information content (AvgIpc) is 3.18. The molecule has 1 N–H and O–H groups in total. The first-order chi connectivity index (χ1) is 14.6. The second-order valence-electron chi connectivity index (χ2n) is 8.47. The summed E-state index contributed by atoms with van der Waals surface area (Å²) in [6, 6.07) is 2.95. The molecular formula is C22H33N3O5S.